The number of benzene rings is 2. The first-order valence-corrected chi connectivity index (χ1v) is 11.7. The molecule has 4 aromatic rings. The summed E-state index contributed by atoms with van der Waals surface area (Å²) >= 11 is 0. The van der Waals surface area contributed by atoms with Gasteiger partial charge in [-0.2, -0.15) is 9.97 Å². The maximum atomic E-state index is 14.8. The van der Waals surface area contributed by atoms with E-state index in [4.69, 9.17) is 20.3 Å². The lowest BCUT2D eigenvalue weighted by Crippen LogP contribution is -2.18. The van der Waals surface area contributed by atoms with Crippen LogP contribution in [0.3, 0.4) is 0 Å². The highest BCUT2D eigenvalue weighted by Gasteiger charge is 2.16. The number of aliphatic hydroxyl groups excluding tert-OH is 1. The van der Waals surface area contributed by atoms with Gasteiger partial charge >= 0.3 is 11.7 Å². The summed E-state index contributed by atoms with van der Waals surface area (Å²) in [5.41, 5.74) is 7.69. The fourth-order valence-electron chi connectivity index (χ4n) is 3.57. The first-order chi connectivity index (χ1) is 17.5. The highest BCUT2D eigenvalue weighted by atomic mass is 19.1. The van der Waals surface area contributed by atoms with Gasteiger partial charge in [0.25, 0.3) is 0 Å². The number of nitrogens with zero attached hydrogens (tertiary/aromatic N) is 3. The molecular formula is C25H29FN6O4. The van der Waals surface area contributed by atoms with Gasteiger partial charge in [-0.05, 0) is 41.8 Å². The van der Waals surface area contributed by atoms with Crippen LogP contribution in [0.4, 0.5) is 10.2 Å². The SMILES string of the molecule is CCCCOc1nc(N)c2[nH]c(=O)n(Cc3ccc(Oc4ccc(CNCCO)cc4)c(F)c3)c2n1. The maximum absolute atomic E-state index is 14.8. The summed E-state index contributed by atoms with van der Waals surface area (Å²) in [4.78, 5) is 23.7. The number of aliphatic hydroxyl groups is 1. The molecule has 2 aromatic heterocycles. The Hall–Kier alpha value is -3.96. The topological polar surface area (TPSA) is 140 Å². The molecule has 0 bridgehead atoms. The number of rotatable bonds is 12. The number of halogens is 1. The van der Waals surface area contributed by atoms with Crippen LogP contribution in [0.5, 0.6) is 17.5 Å². The maximum Gasteiger partial charge on any atom is 0.328 e. The van der Waals surface area contributed by atoms with E-state index in [1.165, 1.54) is 16.7 Å². The molecule has 190 valence electrons. The summed E-state index contributed by atoms with van der Waals surface area (Å²) < 4.78 is 27.4. The van der Waals surface area contributed by atoms with Gasteiger partial charge in [0.2, 0.25) is 0 Å². The van der Waals surface area contributed by atoms with Gasteiger partial charge in [0.15, 0.2) is 23.0 Å². The van der Waals surface area contributed by atoms with Crippen molar-refractivity contribution in [3.8, 4) is 17.5 Å². The summed E-state index contributed by atoms with van der Waals surface area (Å²) in [6.45, 7) is 3.73. The number of hydrogen-bond donors (Lipinski definition) is 4. The summed E-state index contributed by atoms with van der Waals surface area (Å²) in [6, 6.07) is 11.8. The van der Waals surface area contributed by atoms with Crippen molar-refractivity contribution in [1.29, 1.82) is 0 Å². The van der Waals surface area contributed by atoms with Gasteiger partial charge in [0.05, 0.1) is 19.8 Å². The van der Waals surface area contributed by atoms with Crippen LogP contribution in [-0.4, -0.2) is 44.4 Å². The molecule has 0 saturated carbocycles. The minimum Gasteiger partial charge on any atom is -0.463 e. The van der Waals surface area contributed by atoms with E-state index in [2.05, 4.69) is 20.3 Å². The molecule has 2 heterocycles. The number of anilines is 1. The summed E-state index contributed by atoms with van der Waals surface area (Å²) in [5.74, 6) is 0.0943. The predicted molar refractivity (Wildman–Crippen MR) is 134 cm³/mol. The van der Waals surface area contributed by atoms with Crippen LogP contribution >= 0.6 is 0 Å². The molecule has 10 nitrogen and oxygen atoms in total. The number of aromatic nitrogens is 4. The Morgan fingerprint density at radius 1 is 1.17 bits per heavy atom. The van der Waals surface area contributed by atoms with Crippen LogP contribution in [0.2, 0.25) is 0 Å². The molecule has 0 aliphatic rings. The lowest BCUT2D eigenvalue weighted by molar-refractivity contribution is 0.286. The number of unbranched alkanes of at least 4 members (excludes halogenated alkanes) is 1. The van der Waals surface area contributed by atoms with Gasteiger partial charge in [-0.3, -0.25) is 4.57 Å². The Labute approximate surface area is 206 Å². The van der Waals surface area contributed by atoms with Crippen molar-refractivity contribution in [3.63, 3.8) is 0 Å². The van der Waals surface area contributed by atoms with Crippen molar-refractivity contribution in [2.45, 2.75) is 32.9 Å². The molecule has 4 rings (SSSR count). The third-order valence-electron chi connectivity index (χ3n) is 5.47. The van der Waals surface area contributed by atoms with E-state index in [1.54, 1.807) is 18.2 Å². The smallest absolute Gasteiger partial charge is 0.328 e. The number of ether oxygens (including phenoxy) is 2. The number of aromatic amines is 1. The molecule has 0 radical (unpaired) electrons. The van der Waals surface area contributed by atoms with Gasteiger partial charge in [0.1, 0.15) is 11.3 Å². The molecule has 36 heavy (non-hydrogen) atoms. The van der Waals surface area contributed by atoms with E-state index in [0.29, 0.717) is 36.5 Å². The van der Waals surface area contributed by atoms with Crippen LogP contribution in [0.25, 0.3) is 11.2 Å². The molecule has 0 aliphatic carbocycles. The Morgan fingerprint density at radius 2 is 1.94 bits per heavy atom. The van der Waals surface area contributed by atoms with E-state index >= 15 is 0 Å². The second kappa shape index (κ2) is 11.6. The largest absolute Gasteiger partial charge is 0.463 e. The monoisotopic (exact) mass is 496 g/mol. The van der Waals surface area contributed by atoms with Crippen molar-refractivity contribution >= 4 is 17.0 Å². The molecule has 0 unspecified atom stereocenters. The fourth-order valence-corrected chi connectivity index (χ4v) is 3.57. The van der Waals surface area contributed by atoms with Crippen molar-refractivity contribution in [2.24, 2.45) is 0 Å². The Kier molecular flexibility index (Phi) is 8.13. The number of fused-ring (bicyclic) bond motifs is 1. The molecule has 0 atom stereocenters. The number of nitrogens with one attached hydrogen (secondary N) is 2. The van der Waals surface area contributed by atoms with E-state index in [1.807, 2.05) is 19.1 Å². The molecule has 0 amide bonds. The standard InChI is InChI=1S/C25H29FN6O4/c1-2-3-12-35-24-30-22(27)21-23(31-24)32(25(34)29-21)15-17-6-9-20(19(26)13-17)36-18-7-4-16(5-8-18)14-28-10-11-33/h4-9,13,28,33H,2-3,10-12,14-15H2,1H3,(H,29,34)(H2,27,30,31). The lowest BCUT2D eigenvalue weighted by Gasteiger charge is -2.10. The van der Waals surface area contributed by atoms with Crippen LogP contribution in [0, 0.1) is 5.82 Å². The number of nitrogens with two attached hydrogens (primary N) is 1. The van der Waals surface area contributed by atoms with Gasteiger partial charge in [-0.1, -0.05) is 31.5 Å². The van der Waals surface area contributed by atoms with Crippen LogP contribution in [-0.2, 0) is 13.1 Å². The number of hydrogen-bond acceptors (Lipinski definition) is 8. The molecule has 0 spiro atoms. The molecule has 0 saturated heterocycles. The normalized spacial score (nSPS) is 11.2. The second-order valence-corrected chi connectivity index (χ2v) is 8.22. The summed E-state index contributed by atoms with van der Waals surface area (Å²) in [6.07, 6.45) is 1.78. The molecule has 2 aromatic carbocycles. The zero-order valence-corrected chi connectivity index (χ0v) is 20.0. The van der Waals surface area contributed by atoms with Gasteiger partial charge in [0, 0.05) is 13.1 Å². The first-order valence-electron chi connectivity index (χ1n) is 11.7. The van der Waals surface area contributed by atoms with E-state index in [0.717, 1.165) is 18.4 Å². The quantitative estimate of drug-likeness (QED) is 0.220. The summed E-state index contributed by atoms with van der Waals surface area (Å²) in [7, 11) is 0. The van der Waals surface area contributed by atoms with Crippen LogP contribution in [0.1, 0.15) is 30.9 Å². The minimum atomic E-state index is -0.563. The van der Waals surface area contributed by atoms with E-state index in [9.17, 15) is 9.18 Å². The zero-order valence-electron chi connectivity index (χ0n) is 20.0. The Bertz CT molecular complexity index is 1370. The third kappa shape index (κ3) is 5.99. The van der Waals surface area contributed by atoms with Gasteiger partial charge in [-0.15, -0.1) is 0 Å². The highest BCUT2D eigenvalue weighted by Crippen LogP contribution is 2.26. The van der Waals surface area contributed by atoms with Crippen molar-refractivity contribution in [2.75, 3.05) is 25.5 Å². The highest BCUT2D eigenvalue weighted by molar-refractivity contribution is 5.81. The lowest BCUT2D eigenvalue weighted by atomic mass is 10.2. The van der Waals surface area contributed by atoms with E-state index in [-0.39, 0.29) is 36.4 Å². The third-order valence-corrected chi connectivity index (χ3v) is 5.47. The number of H-pyrrole nitrogens is 1. The first kappa shape index (κ1) is 25.1. The minimum absolute atomic E-state index is 0.0642. The molecule has 0 fully saturated rings. The Morgan fingerprint density at radius 3 is 2.67 bits per heavy atom. The van der Waals surface area contributed by atoms with Crippen LogP contribution < -0.4 is 26.2 Å². The molecule has 5 N–H and O–H groups in total. The van der Waals surface area contributed by atoms with Crippen LogP contribution in [0.15, 0.2) is 47.3 Å². The van der Waals surface area contributed by atoms with Crippen molar-refractivity contribution in [1.82, 2.24) is 24.8 Å². The fraction of sp³-hybridized carbons (Fsp3) is 0.320. The zero-order chi connectivity index (χ0) is 25.5. The number of imidazole rings is 1. The molecule has 11 heteroatoms. The second-order valence-electron chi connectivity index (χ2n) is 8.22. The average Bonchev–Trinajstić information content (AvgIpc) is 3.18. The average molecular weight is 497 g/mol. The predicted octanol–water partition coefficient (Wildman–Crippen LogP) is 2.94. The van der Waals surface area contributed by atoms with Crippen molar-refractivity contribution in [3.05, 3.63) is 69.9 Å². The van der Waals surface area contributed by atoms with E-state index < -0.39 is 11.5 Å². The molecular weight excluding hydrogens is 467 g/mol. The van der Waals surface area contributed by atoms with Gasteiger partial charge < -0.3 is 30.6 Å². The molecule has 0 aliphatic heterocycles. The summed E-state index contributed by atoms with van der Waals surface area (Å²) in [5, 5.41) is 11.9. The van der Waals surface area contributed by atoms with Gasteiger partial charge in [-0.25, -0.2) is 9.18 Å². The Balaban J connectivity index is 1.49. The number of nitrogen functional groups attached to an aromatic ring is 1. The van der Waals surface area contributed by atoms with Crippen molar-refractivity contribution < 1.29 is 19.0 Å².